The molecule has 1 heterocycles. The molecular formula is C10H9INOP. The Labute approximate surface area is 97.4 Å². The number of fused-ring (bicyclic) bond motifs is 1. The summed E-state index contributed by atoms with van der Waals surface area (Å²) < 4.78 is 5.43. The molecule has 0 saturated heterocycles. The summed E-state index contributed by atoms with van der Waals surface area (Å²) >= 11 is 2.21. The highest BCUT2D eigenvalue weighted by Gasteiger charge is 1.98. The smallest absolute Gasteiger partial charge is 0.137 e. The Morgan fingerprint density at radius 1 is 1.29 bits per heavy atom. The van der Waals surface area contributed by atoms with Crippen molar-refractivity contribution in [2.75, 3.05) is 0 Å². The molecule has 2 aromatic rings. The second kappa shape index (κ2) is 4.41. The topological polar surface area (TPSA) is 22.1 Å². The number of aromatic nitrogens is 1. The molecule has 0 saturated carbocycles. The van der Waals surface area contributed by atoms with Gasteiger partial charge < -0.3 is 4.52 Å². The van der Waals surface area contributed by atoms with Gasteiger partial charge in [-0.1, -0.05) is 6.07 Å². The lowest BCUT2D eigenvalue weighted by molar-refractivity contribution is 0.646. The summed E-state index contributed by atoms with van der Waals surface area (Å²) in [5.41, 5.74) is 2.07. The van der Waals surface area contributed by atoms with E-state index in [1.807, 2.05) is 31.2 Å². The minimum Gasteiger partial charge on any atom is -0.467 e. The molecule has 1 aromatic heterocycles. The zero-order valence-corrected chi connectivity index (χ0v) is 10.8. The third kappa shape index (κ3) is 2.15. The summed E-state index contributed by atoms with van der Waals surface area (Å²) in [6, 6.07) is 10.1. The van der Waals surface area contributed by atoms with E-state index in [0.29, 0.717) is 6.45 Å². The number of benzene rings is 1. The molecule has 0 fully saturated rings. The number of hydrogen-bond donors (Lipinski definition) is 0. The van der Waals surface area contributed by atoms with Crippen LogP contribution in [-0.4, -0.2) is 4.98 Å². The lowest BCUT2D eigenvalue weighted by atomic mass is 10.2. The third-order valence-corrected chi connectivity index (χ3v) is 2.93. The Bertz CT molecular complexity index is 461. The summed E-state index contributed by atoms with van der Waals surface area (Å²) in [5, 5.41) is 1.13. The number of rotatable bonds is 2. The summed E-state index contributed by atoms with van der Waals surface area (Å²) in [5.74, 6) is 0.913. The highest BCUT2D eigenvalue weighted by atomic mass is 127. The Morgan fingerprint density at radius 2 is 2.14 bits per heavy atom. The molecule has 1 atom stereocenters. The lowest BCUT2D eigenvalue weighted by Gasteiger charge is -2.03. The molecule has 2 nitrogen and oxygen atoms in total. The van der Waals surface area contributed by atoms with Gasteiger partial charge in [-0.2, -0.15) is 0 Å². The van der Waals surface area contributed by atoms with Crippen LogP contribution in [0.25, 0.3) is 10.9 Å². The molecule has 0 aliphatic carbocycles. The molecule has 1 aromatic carbocycles. The first-order valence-corrected chi connectivity index (χ1v) is 8.22. The van der Waals surface area contributed by atoms with Gasteiger partial charge in [0.1, 0.15) is 12.2 Å². The van der Waals surface area contributed by atoms with Gasteiger partial charge in [-0.05, 0) is 53.2 Å². The van der Waals surface area contributed by atoms with E-state index in [4.69, 9.17) is 4.52 Å². The number of hydrogen-bond acceptors (Lipinski definition) is 2. The first kappa shape index (κ1) is 10.1. The zero-order chi connectivity index (χ0) is 9.97. The van der Waals surface area contributed by atoms with Crippen molar-refractivity contribution in [3.05, 3.63) is 36.0 Å². The van der Waals surface area contributed by atoms with E-state index in [0.717, 1.165) is 22.3 Å². The Balaban J connectivity index is 2.50. The molecule has 0 radical (unpaired) electrons. The van der Waals surface area contributed by atoms with Gasteiger partial charge in [-0.3, -0.25) is 4.98 Å². The second-order valence-corrected chi connectivity index (χ2v) is 4.67. The molecule has 14 heavy (non-hydrogen) atoms. The fraction of sp³-hybridized carbons (Fsp3) is 0.100. The maximum Gasteiger partial charge on any atom is 0.137 e. The SMILES string of the molecule is Cc1ccc2cc(OPI)ccc2n1. The van der Waals surface area contributed by atoms with Gasteiger partial charge in [0.25, 0.3) is 0 Å². The molecule has 1 unspecified atom stereocenters. The number of pyridine rings is 1. The van der Waals surface area contributed by atoms with Crippen molar-refractivity contribution in [1.29, 1.82) is 0 Å². The largest absolute Gasteiger partial charge is 0.467 e. The van der Waals surface area contributed by atoms with Crippen molar-refractivity contribution in [1.82, 2.24) is 4.98 Å². The molecule has 72 valence electrons. The van der Waals surface area contributed by atoms with Gasteiger partial charge in [-0.15, -0.1) is 0 Å². The first-order valence-electron chi connectivity index (χ1n) is 4.19. The van der Waals surface area contributed by atoms with Gasteiger partial charge in [0.15, 0.2) is 0 Å². The van der Waals surface area contributed by atoms with Crippen LogP contribution < -0.4 is 4.52 Å². The van der Waals surface area contributed by atoms with Crippen LogP contribution in [0.15, 0.2) is 30.3 Å². The highest BCUT2D eigenvalue weighted by molar-refractivity contribution is 14.2. The Kier molecular flexibility index (Phi) is 3.19. The fourth-order valence-corrected chi connectivity index (χ4v) is 2.29. The van der Waals surface area contributed by atoms with Gasteiger partial charge in [0.2, 0.25) is 0 Å². The van der Waals surface area contributed by atoms with Gasteiger partial charge in [-0.25, -0.2) is 0 Å². The first-order chi connectivity index (χ1) is 6.79. The van der Waals surface area contributed by atoms with Crippen molar-refractivity contribution in [2.24, 2.45) is 0 Å². The summed E-state index contributed by atoms with van der Waals surface area (Å²) in [4.78, 5) is 4.42. The number of aryl methyl sites for hydroxylation is 1. The summed E-state index contributed by atoms with van der Waals surface area (Å²) in [6.45, 7) is 2.45. The normalized spacial score (nSPS) is 11.3. The van der Waals surface area contributed by atoms with E-state index >= 15 is 0 Å². The predicted octanol–water partition coefficient (Wildman–Crippen LogP) is 3.87. The van der Waals surface area contributed by atoms with Crippen molar-refractivity contribution >= 4 is 39.4 Å². The molecule has 0 N–H and O–H groups in total. The molecular weight excluding hydrogens is 308 g/mol. The van der Waals surface area contributed by atoms with E-state index in [9.17, 15) is 0 Å². The van der Waals surface area contributed by atoms with Crippen LogP contribution in [0, 0.1) is 6.92 Å². The van der Waals surface area contributed by atoms with Crippen molar-refractivity contribution in [3.63, 3.8) is 0 Å². The van der Waals surface area contributed by atoms with E-state index in [1.54, 1.807) is 0 Å². The Morgan fingerprint density at radius 3 is 2.93 bits per heavy atom. The van der Waals surface area contributed by atoms with Crippen molar-refractivity contribution < 1.29 is 4.52 Å². The van der Waals surface area contributed by atoms with Gasteiger partial charge >= 0.3 is 0 Å². The molecule has 0 amide bonds. The van der Waals surface area contributed by atoms with Gasteiger partial charge in [0, 0.05) is 11.1 Å². The van der Waals surface area contributed by atoms with Crippen molar-refractivity contribution in [3.8, 4) is 5.75 Å². The van der Waals surface area contributed by atoms with E-state index in [-0.39, 0.29) is 0 Å². The molecule has 4 heteroatoms. The molecule has 0 spiro atoms. The Hall–Kier alpha value is -0.410. The zero-order valence-electron chi connectivity index (χ0n) is 7.62. The van der Waals surface area contributed by atoms with Gasteiger partial charge in [0.05, 0.1) is 5.52 Å². The van der Waals surface area contributed by atoms with E-state index < -0.39 is 0 Å². The van der Waals surface area contributed by atoms with Crippen LogP contribution in [0.3, 0.4) is 0 Å². The standard InChI is InChI=1S/C10H9INOP/c1-7-2-3-8-6-9(13-14-11)4-5-10(8)12-7/h2-6,14H,1H3. The monoisotopic (exact) mass is 317 g/mol. The van der Waals surface area contributed by atoms with Crippen molar-refractivity contribution in [2.45, 2.75) is 6.92 Å². The maximum absolute atomic E-state index is 5.43. The van der Waals surface area contributed by atoms with Crippen LogP contribution in [0.4, 0.5) is 0 Å². The fourth-order valence-electron chi connectivity index (χ4n) is 1.31. The predicted molar refractivity (Wildman–Crippen MR) is 69.4 cm³/mol. The molecule has 2 rings (SSSR count). The number of halogens is 1. The summed E-state index contributed by atoms with van der Waals surface area (Å²) in [7, 11) is 0. The minimum absolute atomic E-state index is 0.454. The van der Waals surface area contributed by atoms with E-state index in [2.05, 4.69) is 33.1 Å². The van der Waals surface area contributed by atoms with Crippen LogP contribution in [-0.2, 0) is 0 Å². The third-order valence-electron chi connectivity index (χ3n) is 1.96. The van der Waals surface area contributed by atoms with E-state index in [1.165, 1.54) is 0 Å². The van der Waals surface area contributed by atoms with Crippen LogP contribution in [0.2, 0.25) is 0 Å². The lowest BCUT2D eigenvalue weighted by Crippen LogP contribution is -1.83. The quantitative estimate of drug-likeness (QED) is 0.620. The van der Waals surface area contributed by atoms with Crippen LogP contribution >= 0.6 is 28.5 Å². The highest BCUT2D eigenvalue weighted by Crippen LogP contribution is 2.28. The molecule has 0 aliphatic heterocycles. The van der Waals surface area contributed by atoms with Crippen LogP contribution in [0.1, 0.15) is 5.69 Å². The average molecular weight is 317 g/mol. The number of nitrogens with zero attached hydrogens (tertiary/aromatic N) is 1. The molecule has 0 aliphatic rings. The maximum atomic E-state index is 5.43. The van der Waals surface area contributed by atoms with Crippen LogP contribution in [0.5, 0.6) is 5.75 Å². The molecule has 0 bridgehead atoms. The summed E-state index contributed by atoms with van der Waals surface area (Å²) in [6.07, 6.45) is 0. The minimum atomic E-state index is 0.454. The second-order valence-electron chi connectivity index (χ2n) is 2.99. The average Bonchev–Trinajstić information content (AvgIpc) is 2.19.